The molecule has 0 spiro atoms. The Hall–Kier alpha value is -2.02. The van der Waals surface area contributed by atoms with Gasteiger partial charge in [-0.05, 0) is 55.6 Å². The van der Waals surface area contributed by atoms with Gasteiger partial charge in [0, 0.05) is 42.5 Å². The number of aromatic nitrogens is 2. The summed E-state index contributed by atoms with van der Waals surface area (Å²) in [6.45, 7) is 6.36. The number of allylic oxidation sites excluding steroid dienone is 1. The van der Waals surface area contributed by atoms with Crippen LogP contribution in [0.25, 0.3) is 16.6 Å². The molecule has 0 bridgehead atoms. The van der Waals surface area contributed by atoms with Gasteiger partial charge in [-0.1, -0.05) is 12.0 Å². The van der Waals surface area contributed by atoms with Gasteiger partial charge in [0.25, 0.3) is 0 Å². The molecule has 1 aliphatic carbocycles. The molecule has 1 saturated heterocycles. The molecule has 4 heterocycles. The van der Waals surface area contributed by atoms with E-state index in [1.54, 1.807) is 0 Å². The van der Waals surface area contributed by atoms with Gasteiger partial charge in [0.15, 0.2) is 0 Å². The fraction of sp³-hybridized carbons (Fsp3) is 0.565. The third-order valence-electron chi connectivity index (χ3n) is 7.14. The SMILES string of the molecule is CCC(C1CCC(c2cnc3[nH]cc(C4=C[NH2+]N=C4)c3c2)CC1)N1CCOCC1. The fourth-order valence-corrected chi connectivity index (χ4v) is 5.57. The summed E-state index contributed by atoms with van der Waals surface area (Å²) in [6, 6.07) is 3.09. The second-order valence-electron chi connectivity index (χ2n) is 8.65. The second-order valence-corrected chi connectivity index (χ2v) is 8.65. The van der Waals surface area contributed by atoms with Crippen molar-refractivity contribution in [2.75, 3.05) is 26.3 Å². The van der Waals surface area contributed by atoms with Crippen molar-refractivity contribution in [3.8, 4) is 0 Å². The van der Waals surface area contributed by atoms with Gasteiger partial charge in [-0.3, -0.25) is 4.90 Å². The van der Waals surface area contributed by atoms with Crippen molar-refractivity contribution >= 4 is 22.8 Å². The zero-order chi connectivity index (χ0) is 19.6. The minimum Gasteiger partial charge on any atom is -0.379 e. The number of fused-ring (bicyclic) bond motifs is 1. The molecule has 1 saturated carbocycles. The maximum Gasteiger partial charge on any atom is 0.137 e. The second kappa shape index (κ2) is 8.38. The van der Waals surface area contributed by atoms with Crippen molar-refractivity contribution < 1.29 is 10.2 Å². The van der Waals surface area contributed by atoms with Crippen molar-refractivity contribution in [2.24, 2.45) is 11.0 Å². The Morgan fingerprint density at radius 1 is 1.24 bits per heavy atom. The molecule has 2 aromatic heterocycles. The molecule has 154 valence electrons. The van der Waals surface area contributed by atoms with Gasteiger partial charge in [-0.25, -0.2) is 4.98 Å². The number of nitrogens with zero attached hydrogens (tertiary/aromatic N) is 3. The Labute approximate surface area is 172 Å². The number of rotatable bonds is 5. The molecule has 0 radical (unpaired) electrons. The lowest BCUT2D eigenvalue weighted by atomic mass is 9.75. The van der Waals surface area contributed by atoms with Crippen LogP contribution in [0.5, 0.6) is 0 Å². The predicted octanol–water partition coefficient (Wildman–Crippen LogP) is 2.85. The lowest BCUT2D eigenvalue weighted by Gasteiger charge is -2.41. The highest BCUT2D eigenvalue weighted by atomic mass is 16.5. The van der Waals surface area contributed by atoms with Crippen molar-refractivity contribution in [3.05, 3.63) is 35.8 Å². The third-order valence-corrected chi connectivity index (χ3v) is 7.14. The summed E-state index contributed by atoms with van der Waals surface area (Å²) in [5.74, 6) is 1.45. The van der Waals surface area contributed by atoms with Crippen LogP contribution >= 0.6 is 0 Å². The summed E-state index contributed by atoms with van der Waals surface area (Å²) >= 11 is 0. The quantitative estimate of drug-likeness (QED) is 0.766. The molecule has 6 nitrogen and oxygen atoms in total. The van der Waals surface area contributed by atoms with E-state index in [4.69, 9.17) is 9.72 Å². The third kappa shape index (κ3) is 3.77. The maximum atomic E-state index is 5.57. The van der Waals surface area contributed by atoms with E-state index < -0.39 is 0 Å². The number of H-pyrrole nitrogens is 1. The predicted molar refractivity (Wildman–Crippen MR) is 116 cm³/mol. The molecular formula is C23H32N5O+. The van der Waals surface area contributed by atoms with Crippen molar-refractivity contribution in [3.63, 3.8) is 0 Å². The van der Waals surface area contributed by atoms with E-state index in [2.05, 4.69) is 46.6 Å². The van der Waals surface area contributed by atoms with Crippen LogP contribution in [-0.2, 0) is 4.74 Å². The van der Waals surface area contributed by atoms with Gasteiger partial charge < -0.3 is 9.72 Å². The van der Waals surface area contributed by atoms with Crippen LogP contribution in [0.2, 0.25) is 0 Å². The zero-order valence-corrected chi connectivity index (χ0v) is 17.3. The van der Waals surface area contributed by atoms with Gasteiger partial charge in [-0.2, -0.15) is 5.43 Å². The Balaban J connectivity index is 1.29. The average molecular weight is 395 g/mol. The lowest BCUT2D eigenvalue weighted by Crippen LogP contribution is -2.69. The lowest BCUT2D eigenvalue weighted by molar-refractivity contribution is -0.589. The number of ether oxygens (including phenoxy) is 1. The summed E-state index contributed by atoms with van der Waals surface area (Å²) in [5.41, 5.74) is 6.59. The first kappa shape index (κ1) is 19.0. The molecule has 0 aromatic carbocycles. The van der Waals surface area contributed by atoms with Gasteiger partial charge in [0.05, 0.1) is 25.0 Å². The number of quaternary nitrogens is 1. The minimum absolute atomic E-state index is 0.630. The molecular weight excluding hydrogens is 362 g/mol. The first-order valence-corrected chi connectivity index (χ1v) is 11.2. The van der Waals surface area contributed by atoms with Crippen molar-refractivity contribution in [2.45, 2.75) is 51.0 Å². The van der Waals surface area contributed by atoms with E-state index in [0.717, 1.165) is 49.5 Å². The normalized spacial score (nSPS) is 26.7. The van der Waals surface area contributed by atoms with Crippen molar-refractivity contribution in [1.82, 2.24) is 14.9 Å². The minimum atomic E-state index is 0.630. The number of nitrogens with one attached hydrogen (secondary N) is 1. The van der Waals surface area contributed by atoms with E-state index in [0.29, 0.717) is 5.92 Å². The Morgan fingerprint density at radius 3 is 2.79 bits per heavy atom. The highest BCUT2D eigenvalue weighted by molar-refractivity contribution is 6.14. The van der Waals surface area contributed by atoms with Crippen LogP contribution in [0.3, 0.4) is 0 Å². The molecule has 2 aromatic rings. The van der Waals surface area contributed by atoms with Gasteiger partial charge in [-0.15, -0.1) is 0 Å². The summed E-state index contributed by atoms with van der Waals surface area (Å²) in [4.78, 5) is 10.7. The molecule has 2 fully saturated rings. The van der Waals surface area contributed by atoms with Gasteiger partial charge in [0.2, 0.25) is 0 Å². The summed E-state index contributed by atoms with van der Waals surface area (Å²) in [5, 5.41) is 5.44. The zero-order valence-electron chi connectivity index (χ0n) is 17.3. The topological polar surface area (TPSA) is 70.1 Å². The van der Waals surface area contributed by atoms with E-state index in [9.17, 15) is 0 Å². The Bertz CT molecular complexity index is 903. The number of hydrogen-bond acceptors (Lipinski definition) is 4. The molecule has 29 heavy (non-hydrogen) atoms. The molecule has 6 heteroatoms. The van der Waals surface area contributed by atoms with Gasteiger partial charge >= 0.3 is 0 Å². The molecule has 3 N–H and O–H groups in total. The maximum absolute atomic E-state index is 5.57. The van der Waals surface area contributed by atoms with Crippen molar-refractivity contribution in [1.29, 1.82) is 0 Å². The van der Waals surface area contributed by atoms with Crippen LogP contribution < -0.4 is 5.43 Å². The summed E-state index contributed by atoms with van der Waals surface area (Å²) in [6.07, 6.45) is 14.6. The monoisotopic (exact) mass is 394 g/mol. The first-order valence-electron chi connectivity index (χ1n) is 11.2. The van der Waals surface area contributed by atoms with Gasteiger partial charge in [0.1, 0.15) is 11.8 Å². The van der Waals surface area contributed by atoms with E-state index in [1.807, 2.05) is 11.6 Å². The highest BCUT2D eigenvalue weighted by Gasteiger charge is 2.31. The number of nitrogens with two attached hydrogens (primary N) is 1. The number of pyridine rings is 1. The first-order chi connectivity index (χ1) is 14.3. The summed E-state index contributed by atoms with van der Waals surface area (Å²) < 4.78 is 5.57. The van der Waals surface area contributed by atoms with Crippen LogP contribution in [0, 0.1) is 5.92 Å². The van der Waals surface area contributed by atoms with Crippen LogP contribution in [0.1, 0.15) is 56.1 Å². The van der Waals surface area contributed by atoms with Crippen LogP contribution in [-0.4, -0.2) is 53.4 Å². The van der Waals surface area contributed by atoms with E-state index in [-0.39, 0.29) is 0 Å². The molecule has 3 aliphatic rings. The molecule has 1 unspecified atom stereocenters. The standard InChI is InChI=1S/C23H31N5O/c1-2-22(28-7-9-29-10-8-28)17-5-3-16(4-6-17)18-11-20-21(19-13-26-27-14-19)15-25-23(20)24-12-18/h11-17,22H,2-10H2,1H3,(H,24,25)(H,26,27)/p+1. The van der Waals surface area contributed by atoms with E-state index >= 15 is 0 Å². The number of morpholine rings is 1. The van der Waals surface area contributed by atoms with Crippen LogP contribution in [0.4, 0.5) is 0 Å². The molecule has 1 atom stereocenters. The smallest absolute Gasteiger partial charge is 0.137 e. The molecule has 2 aliphatic heterocycles. The average Bonchev–Trinajstić information content (AvgIpc) is 3.45. The molecule has 5 rings (SSSR count). The van der Waals surface area contributed by atoms with Crippen LogP contribution in [0.15, 0.2) is 29.8 Å². The number of aromatic amines is 1. The summed E-state index contributed by atoms with van der Waals surface area (Å²) in [7, 11) is 0. The van der Waals surface area contributed by atoms with E-state index in [1.165, 1.54) is 48.6 Å². The number of hydrogen-bond donors (Lipinski definition) is 2. The highest BCUT2D eigenvalue weighted by Crippen LogP contribution is 2.39. The Kier molecular flexibility index (Phi) is 5.48. The molecule has 0 amide bonds. The largest absolute Gasteiger partial charge is 0.379 e. The fourth-order valence-electron chi connectivity index (χ4n) is 5.57. The Morgan fingerprint density at radius 2 is 2.07 bits per heavy atom.